The van der Waals surface area contributed by atoms with Gasteiger partial charge in [0.05, 0.1) is 24.8 Å². The monoisotopic (exact) mass is 558 g/mol. The first kappa shape index (κ1) is 30.4. The van der Waals surface area contributed by atoms with Crippen molar-refractivity contribution in [2.45, 2.75) is 69.2 Å². The lowest BCUT2D eigenvalue weighted by Gasteiger charge is -2.38. The maximum atomic E-state index is 15.4. The minimum Gasteiger partial charge on any atom is -0.453 e. The second kappa shape index (κ2) is 14.8. The summed E-state index contributed by atoms with van der Waals surface area (Å²) >= 11 is 6.06. The van der Waals surface area contributed by atoms with Crippen molar-refractivity contribution < 1.29 is 27.8 Å². The van der Waals surface area contributed by atoms with Crippen LogP contribution in [0.25, 0.3) is 0 Å². The van der Waals surface area contributed by atoms with Gasteiger partial charge >= 0.3 is 12.1 Å². The van der Waals surface area contributed by atoms with Crippen molar-refractivity contribution in [3.63, 3.8) is 0 Å². The van der Waals surface area contributed by atoms with E-state index in [0.717, 1.165) is 25.7 Å². The summed E-state index contributed by atoms with van der Waals surface area (Å²) in [5.74, 6) is -0.759. The molecule has 3 rings (SSSR count). The van der Waals surface area contributed by atoms with Crippen molar-refractivity contribution in [2.24, 2.45) is 5.92 Å². The van der Waals surface area contributed by atoms with Crippen molar-refractivity contribution in [3.8, 4) is 0 Å². The molecular formula is C27H41ClF2N4O4. The number of likely N-dealkylation sites (N-methyl/N-ethyl adjacent to an activating group) is 1. The zero-order chi connectivity index (χ0) is 27.5. The average molecular weight is 559 g/mol. The summed E-state index contributed by atoms with van der Waals surface area (Å²) in [5, 5.41) is 8.65. The number of hydrogen-bond donors (Lipinski definition) is 3. The van der Waals surface area contributed by atoms with Crippen molar-refractivity contribution >= 4 is 23.7 Å². The van der Waals surface area contributed by atoms with E-state index in [4.69, 9.17) is 16.3 Å². The maximum absolute atomic E-state index is 15.4. The summed E-state index contributed by atoms with van der Waals surface area (Å²) in [6, 6.07) is 4.18. The quantitative estimate of drug-likeness (QED) is 0.334. The minimum atomic E-state index is -1.25. The van der Waals surface area contributed by atoms with Crippen LogP contribution in [0.5, 0.6) is 0 Å². The van der Waals surface area contributed by atoms with Gasteiger partial charge in [-0.15, -0.1) is 0 Å². The van der Waals surface area contributed by atoms with Crippen LogP contribution >= 0.6 is 11.6 Å². The Bertz CT molecular complexity index is 919. The first-order chi connectivity index (χ1) is 18.3. The summed E-state index contributed by atoms with van der Waals surface area (Å²) in [7, 11) is 3.06. The highest BCUT2D eigenvalue weighted by molar-refractivity contribution is 6.30. The minimum absolute atomic E-state index is 0.00744. The van der Waals surface area contributed by atoms with E-state index in [0.29, 0.717) is 44.5 Å². The molecule has 1 aliphatic carbocycles. The largest absolute Gasteiger partial charge is 0.453 e. The Morgan fingerprint density at radius 2 is 2.00 bits per heavy atom. The molecule has 1 heterocycles. The lowest BCUT2D eigenvalue weighted by molar-refractivity contribution is -0.0107. The molecule has 1 aromatic rings. The molecule has 38 heavy (non-hydrogen) atoms. The molecule has 0 aromatic heterocycles. The molecule has 3 atom stereocenters. The first-order valence-corrected chi connectivity index (χ1v) is 13.9. The van der Waals surface area contributed by atoms with Crippen LogP contribution in [0.1, 0.15) is 63.0 Å². The van der Waals surface area contributed by atoms with Gasteiger partial charge < -0.3 is 30.3 Å². The van der Waals surface area contributed by atoms with Crippen LogP contribution in [0.4, 0.5) is 18.4 Å². The SMILES string of the molecule is CNCC(CC1(F)CCCCC1)NC(=O)N1CCC[C@@H]([C@@H](OCCNC(=O)OC)c2cccc(Cl)c2F)C1. The van der Waals surface area contributed by atoms with Crippen LogP contribution < -0.4 is 16.0 Å². The van der Waals surface area contributed by atoms with Gasteiger partial charge in [-0.25, -0.2) is 18.4 Å². The molecule has 0 bridgehead atoms. The summed E-state index contributed by atoms with van der Waals surface area (Å²) in [6.07, 6.45) is 4.33. The summed E-state index contributed by atoms with van der Waals surface area (Å²) < 4.78 is 41.1. The third-order valence-electron chi connectivity index (χ3n) is 7.46. The number of carbonyl (C=O) groups is 2. The van der Waals surface area contributed by atoms with E-state index in [9.17, 15) is 9.59 Å². The van der Waals surface area contributed by atoms with Crippen molar-refractivity contribution in [3.05, 3.63) is 34.6 Å². The summed E-state index contributed by atoms with van der Waals surface area (Å²) in [5.41, 5.74) is -0.939. The number of likely N-dealkylation sites (tertiary alicyclic amines) is 1. The lowest BCUT2D eigenvalue weighted by Crippen LogP contribution is -2.53. The van der Waals surface area contributed by atoms with Gasteiger partial charge in [0.15, 0.2) is 0 Å². The number of methoxy groups -OCH3 is 1. The number of hydrogen-bond acceptors (Lipinski definition) is 5. The predicted molar refractivity (Wildman–Crippen MR) is 143 cm³/mol. The Morgan fingerprint density at radius 3 is 2.71 bits per heavy atom. The van der Waals surface area contributed by atoms with Gasteiger partial charge in [0.2, 0.25) is 0 Å². The lowest BCUT2D eigenvalue weighted by atomic mass is 9.82. The number of alkyl carbamates (subject to hydrolysis) is 1. The fourth-order valence-corrected chi connectivity index (χ4v) is 5.77. The summed E-state index contributed by atoms with van der Waals surface area (Å²) in [6.45, 7) is 1.67. The molecule has 1 aromatic carbocycles. The normalized spacial score (nSPS) is 20.9. The van der Waals surface area contributed by atoms with Gasteiger partial charge in [-0.2, -0.15) is 0 Å². The van der Waals surface area contributed by atoms with Crippen molar-refractivity contribution in [1.29, 1.82) is 0 Å². The van der Waals surface area contributed by atoms with Crippen molar-refractivity contribution in [1.82, 2.24) is 20.9 Å². The number of amides is 3. The van der Waals surface area contributed by atoms with Crippen LogP contribution in [-0.2, 0) is 9.47 Å². The number of halogens is 3. The number of urea groups is 1. The fraction of sp³-hybridized carbons (Fsp3) is 0.704. The van der Waals surface area contributed by atoms with Crippen LogP contribution in [-0.4, -0.2) is 75.7 Å². The Labute approximate surface area is 229 Å². The molecule has 1 aliphatic heterocycles. The molecule has 1 unspecified atom stereocenters. The van der Waals surface area contributed by atoms with Gasteiger partial charge in [0, 0.05) is 50.1 Å². The molecular weight excluding hydrogens is 518 g/mol. The van der Waals surface area contributed by atoms with E-state index < -0.39 is 23.7 Å². The molecule has 3 N–H and O–H groups in total. The zero-order valence-corrected chi connectivity index (χ0v) is 23.1. The molecule has 2 fully saturated rings. The molecule has 3 amide bonds. The van der Waals surface area contributed by atoms with Gasteiger partial charge in [-0.05, 0) is 38.8 Å². The van der Waals surface area contributed by atoms with E-state index in [-0.39, 0.29) is 42.6 Å². The van der Waals surface area contributed by atoms with E-state index in [1.165, 1.54) is 13.2 Å². The number of rotatable bonds is 11. The van der Waals surface area contributed by atoms with Gasteiger partial charge in [0.1, 0.15) is 11.5 Å². The summed E-state index contributed by atoms with van der Waals surface area (Å²) in [4.78, 5) is 26.4. The van der Waals surface area contributed by atoms with Crippen LogP contribution in [0.3, 0.4) is 0 Å². The molecule has 0 spiro atoms. The number of carbonyl (C=O) groups excluding carboxylic acids is 2. The standard InChI is InChI=1S/C27H41ClF2N4O4/c1-31-17-20(16-27(30)11-4-3-5-12-27)33-25(35)34-14-7-8-19(18-34)24(38-15-13-32-26(36)37-2)21-9-6-10-22(28)23(21)29/h6,9-10,19-20,24,31H,3-5,7-8,11-18H2,1-2H3,(H,32,36)(H,33,35)/t19-,20?,24-/m1/s1. The maximum Gasteiger partial charge on any atom is 0.406 e. The van der Waals surface area contributed by atoms with E-state index in [1.54, 1.807) is 24.1 Å². The molecule has 214 valence electrons. The fourth-order valence-electron chi connectivity index (χ4n) is 5.59. The zero-order valence-electron chi connectivity index (χ0n) is 22.4. The second-order valence-corrected chi connectivity index (χ2v) is 10.7. The van der Waals surface area contributed by atoms with E-state index in [2.05, 4.69) is 20.7 Å². The van der Waals surface area contributed by atoms with Gasteiger partial charge in [-0.1, -0.05) is 43.0 Å². The first-order valence-electron chi connectivity index (χ1n) is 13.5. The highest BCUT2D eigenvalue weighted by atomic mass is 35.5. The van der Waals surface area contributed by atoms with Gasteiger partial charge in [0.25, 0.3) is 0 Å². The van der Waals surface area contributed by atoms with E-state index in [1.807, 2.05) is 0 Å². The van der Waals surface area contributed by atoms with Crippen LogP contribution in [0.15, 0.2) is 18.2 Å². The highest BCUT2D eigenvalue weighted by Gasteiger charge is 2.37. The molecule has 1 saturated heterocycles. The number of alkyl halides is 1. The molecule has 1 saturated carbocycles. The van der Waals surface area contributed by atoms with Gasteiger partial charge in [-0.3, -0.25) is 0 Å². The highest BCUT2D eigenvalue weighted by Crippen LogP contribution is 2.37. The molecule has 2 aliphatic rings. The second-order valence-electron chi connectivity index (χ2n) is 10.3. The molecule has 11 heteroatoms. The average Bonchev–Trinajstić information content (AvgIpc) is 2.91. The Balaban J connectivity index is 1.68. The Morgan fingerprint density at radius 1 is 1.24 bits per heavy atom. The molecule has 0 radical (unpaired) electrons. The Hall–Kier alpha value is -2.17. The number of nitrogens with zero attached hydrogens (tertiary/aromatic N) is 1. The third kappa shape index (κ3) is 8.68. The smallest absolute Gasteiger partial charge is 0.406 e. The topological polar surface area (TPSA) is 91.9 Å². The number of benzene rings is 1. The third-order valence-corrected chi connectivity index (χ3v) is 7.75. The Kier molecular flexibility index (Phi) is 11.9. The van der Waals surface area contributed by atoms with Crippen LogP contribution in [0, 0.1) is 11.7 Å². The van der Waals surface area contributed by atoms with Crippen LogP contribution in [0.2, 0.25) is 5.02 Å². The number of piperidine rings is 1. The number of nitrogens with one attached hydrogen (secondary N) is 3. The molecule has 8 nitrogen and oxygen atoms in total. The predicted octanol–water partition coefficient (Wildman–Crippen LogP) is 4.96. The number of ether oxygens (including phenoxy) is 2. The van der Waals surface area contributed by atoms with Crippen molar-refractivity contribution in [2.75, 3.05) is 46.9 Å². The van der Waals surface area contributed by atoms with E-state index >= 15 is 8.78 Å².